The minimum atomic E-state index is -0.0941. The number of hydrogen-bond donors (Lipinski definition) is 1. The van der Waals surface area contributed by atoms with Gasteiger partial charge < -0.3 is 15.1 Å². The van der Waals surface area contributed by atoms with Crippen LogP contribution in [0.3, 0.4) is 0 Å². The first-order valence-electron chi connectivity index (χ1n) is 7.34. The number of amides is 1. The minimum Gasteiger partial charge on any atom is -0.448 e. The smallest absolute Gasteiger partial charge is 0.275 e. The van der Waals surface area contributed by atoms with E-state index >= 15 is 0 Å². The van der Waals surface area contributed by atoms with E-state index < -0.39 is 0 Å². The third-order valence-electron chi connectivity index (χ3n) is 4.02. The number of fused-ring (bicyclic) bond motifs is 1. The van der Waals surface area contributed by atoms with E-state index in [0.717, 1.165) is 16.8 Å². The van der Waals surface area contributed by atoms with E-state index in [9.17, 15) is 4.79 Å². The number of aryl methyl sites for hydroxylation is 1. The summed E-state index contributed by atoms with van der Waals surface area (Å²) in [7, 11) is 0. The molecule has 0 radical (unpaired) electrons. The topological polar surface area (TPSA) is 98.1 Å². The van der Waals surface area contributed by atoms with Gasteiger partial charge in [-0.1, -0.05) is 11.3 Å². The molecule has 1 fully saturated rings. The normalized spacial score (nSPS) is 18.0. The maximum Gasteiger partial charge on any atom is 0.275 e. The average Bonchev–Trinajstić information content (AvgIpc) is 3.23. The summed E-state index contributed by atoms with van der Waals surface area (Å²) in [6.45, 7) is 3.04. The number of aromatic nitrogens is 3. The molecule has 0 bridgehead atoms. The molecule has 8 heteroatoms. The lowest BCUT2D eigenvalue weighted by Gasteiger charge is -2.14. The number of oxazole rings is 1. The van der Waals surface area contributed by atoms with E-state index in [4.69, 9.17) is 10.2 Å². The average molecular weight is 329 g/mol. The highest BCUT2D eigenvalue weighted by atomic mass is 32.1. The number of anilines is 1. The van der Waals surface area contributed by atoms with Crippen molar-refractivity contribution in [3.63, 3.8) is 0 Å². The van der Waals surface area contributed by atoms with Crippen molar-refractivity contribution in [2.75, 3.05) is 18.8 Å². The van der Waals surface area contributed by atoms with Crippen LogP contribution in [0.2, 0.25) is 0 Å². The molecule has 1 atom stereocenters. The van der Waals surface area contributed by atoms with Crippen LogP contribution in [0.15, 0.2) is 22.8 Å². The molecule has 1 amide bonds. The Morgan fingerprint density at radius 2 is 2.26 bits per heavy atom. The Balaban J connectivity index is 1.53. The summed E-state index contributed by atoms with van der Waals surface area (Å²) >= 11 is 1.43. The van der Waals surface area contributed by atoms with Gasteiger partial charge in [-0.15, -0.1) is 0 Å². The number of carbonyl (C=O) groups excluding carboxylic acids is 1. The summed E-state index contributed by atoms with van der Waals surface area (Å²) in [6, 6.07) is 4.00. The number of likely N-dealkylation sites (tertiary alicyclic amines) is 1. The molecule has 0 spiro atoms. The molecule has 0 saturated carbocycles. The highest BCUT2D eigenvalue weighted by molar-refractivity contribution is 7.21. The minimum absolute atomic E-state index is 0.0941. The molecule has 1 saturated heterocycles. The van der Waals surface area contributed by atoms with Crippen LogP contribution >= 0.6 is 11.3 Å². The van der Waals surface area contributed by atoms with Crippen LogP contribution in [0.5, 0.6) is 0 Å². The molecule has 0 aliphatic carbocycles. The van der Waals surface area contributed by atoms with Gasteiger partial charge in [0.15, 0.2) is 22.4 Å². The van der Waals surface area contributed by atoms with Gasteiger partial charge in [-0.3, -0.25) is 4.79 Å². The number of carbonyl (C=O) groups is 1. The number of nitrogens with zero attached hydrogens (tertiary/aromatic N) is 4. The molecule has 4 heterocycles. The van der Waals surface area contributed by atoms with Crippen molar-refractivity contribution in [2.45, 2.75) is 19.3 Å². The van der Waals surface area contributed by atoms with E-state index in [-0.39, 0.29) is 11.8 Å². The zero-order valence-electron chi connectivity index (χ0n) is 12.5. The highest BCUT2D eigenvalue weighted by Crippen LogP contribution is 2.30. The molecular formula is C15H15N5O2S. The van der Waals surface area contributed by atoms with E-state index in [0.29, 0.717) is 35.5 Å². The standard InChI is InChI=1S/C15H15N5O2S/c1-8-17-11(7-22-8)14(21)20-5-4-9(6-20)10-2-3-12-13(18-10)19-15(16)23-12/h2-3,7,9H,4-6H2,1H3,(H2,16,18,19)/t9-/m1/s1. The van der Waals surface area contributed by atoms with E-state index in [1.165, 1.54) is 17.6 Å². The molecule has 3 aromatic heterocycles. The van der Waals surface area contributed by atoms with Gasteiger partial charge in [0.1, 0.15) is 6.26 Å². The molecule has 1 aliphatic heterocycles. The van der Waals surface area contributed by atoms with Gasteiger partial charge in [-0.25, -0.2) is 15.0 Å². The monoisotopic (exact) mass is 329 g/mol. The van der Waals surface area contributed by atoms with Gasteiger partial charge in [0.2, 0.25) is 0 Å². The Morgan fingerprint density at radius 1 is 1.39 bits per heavy atom. The Labute approximate surface area is 136 Å². The second kappa shape index (κ2) is 5.31. The fourth-order valence-electron chi connectivity index (χ4n) is 2.89. The largest absolute Gasteiger partial charge is 0.448 e. The quantitative estimate of drug-likeness (QED) is 0.774. The number of nitrogen functional groups attached to an aromatic ring is 1. The predicted molar refractivity (Wildman–Crippen MR) is 86.3 cm³/mol. The second-order valence-electron chi connectivity index (χ2n) is 5.60. The Hall–Kier alpha value is -2.48. The molecule has 2 N–H and O–H groups in total. The highest BCUT2D eigenvalue weighted by Gasteiger charge is 2.30. The molecule has 0 aromatic carbocycles. The van der Waals surface area contributed by atoms with Gasteiger partial charge in [-0.2, -0.15) is 0 Å². The van der Waals surface area contributed by atoms with E-state index in [1.807, 2.05) is 12.1 Å². The lowest BCUT2D eigenvalue weighted by Crippen LogP contribution is -2.28. The Morgan fingerprint density at radius 3 is 3.04 bits per heavy atom. The van der Waals surface area contributed by atoms with Crippen molar-refractivity contribution in [2.24, 2.45) is 0 Å². The van der Waals surface area contributed by atoms with Crippen molar-refractivity contribution in [1.82, 2.24) is 19.9 Å². The summed E-state index contributed by atoms with van der Waals surface area (Å²) in [6.07, 6.45) is 2.29. The molecular weight excluding hydrogens is 314 g/mol. The molecule has 4 rings (SSSR count). The van der Waals surface area contributed by atoms with Gasteiger partial charge in [0.25, 0.3) is 5.91 Å². The fraction of sp³-hybridized carbons (Fsp3) is 0.333. The summed E-state index contributed by atoms with van der Waals surface area (Å²) in [5.41, 5.74) is 7.72. The fourth-order valence-corrected chi connectivity index (χ4v) is 3.56. The second-order valence-corrected chi connectivity index (χ2v) is 6.66. The van der Waals surface area contributed by atoms with Crippen molar-refractivity contribution >= 4 is 32.7 Å². The van der Waals surface area contributed by atoms with Crippen molar-refractivity contribution < 1.29 is 9.21 Å². The lowest BCUT2D eigenvalue weighted by atomic mass is 10.0. The summed E-state index contributed by atoms with van der Waals surface area (Å²) in [4.78, 5) is 27.1. The van der Waals surface area contributed by atoms with Crippen molar-refractivity contribution in [3.8, 4) is 0 Å². The van der Waals surface area contributed by atoms with Crippen LogP contribution in [0.1, 0.15) is 34.4 Å². The third kappa shape index (κ3) is 2.55. The van der Waals surface area contributed by atoms with Crippen LogP contribution in [0, 0.1) is 6.92 Å². The first kappa shape index (κ1) is 14.1. The molecule has 1 aliphatic rings. The van der Waals surface area contributed by atoms with Gasteiger partial charge in [-0.05, 0) is 18.6 Å². The SMILES string of the molecule is Cc1nc(C(=O)N2CC[C@@H](c3ccc4sc(N)nc4n3)C2)co1. The third-order valence-corrected chi connectivity index (χ3v) is 4.86. The summed E-state index contributed by atoms with van der Waals surface area (Å²) in [5.74, 6) is 0.611. The molecule has 3 aromatic rings. The zero-order chi connectivity index (χ0) is 16.0. The number of pyridine rings is 1. The van der Waals surface area contributed by atoms with Crippen LogP contribution < -0.4 is 5.73 Å². The molecule has 0 unspecified atom stereocenters. The number of thiazole rings is 1. The first-order valence-corrected chi connectivity index (χ1v) is 8.16. The maximum absolute atomic E-state index is 12.4. The zero-order valence-corrected chi connectivity index (χ0v) is 13.3. The molecule has 7 nitrogen and oxygen atoms in total. The summed E-state index contributed by atoms with van der Waals surface area (Å²) in [5, 5.41) is 0.522. The van der Waals surface area contributed by atoms with Gasteiger partial charge in [0, 0.05) is 31.6 Å². The van der Waals surface area contributed by atoms with Crippen LogP contribution in [-0.2, 0) is 0 Å². The van der Waals surface area contributed by atoms with Crippen molar-refractivity contribution in [3.05, 3.63) is 35.7 Å². The van der Waals surface area contributed by atoms with Gasteiger partial charge >= 0.3 is 0 Å². The van der Waals surface area contributed by atoms with E-state index in [2.05, 4.69) is 15.0 Å². The maximum atomic E-state index is 12.4. The van der Waals surface area contributed by atoms with Crippen LogP contribution in [-0.4, -0.2) is 38.8 Å². The Kier molecular flexibility index (Phi) is 3.26. The van der Waals surface area contributed by atoms with Crippen LogP contribution in [0.25, 0.3) is 10.3 Å². The van der Waals surface area contributed by atoms with E-state index in [1.54, 1.807) is 11.8 Å². The van der Waals surface area contributed by atoms with Gasteiger partial charge in [0.05, 0.1) is 4.70 Å². The number of hydrogen-bond acceptors (Lipinski definition) is 7. The Bertz CT molecular complexity index is 887. The predicted octanol–water partition coefficient (Wildman–Crippen LogP) is 2.20. The first-order chi connectivity index (χ1) is 11.1. The number of rotatable bonds is 2. The molecule has 23 heavy (non-hydrogen) atoms. The summed E-state index contributed by atoms with van der Waals surface area (Å²) < 4.78 is 6.10. The number of nitrogens with two attached hydrogens (primary N) is 1. The van der Waals surface area contributed by atoms with Crippen LogP contribution in [0.4, 0.5) is 5.13 Å². The molecule has 118 valence electrons. The van der Waals surface area contributed by atoms with Crippen molar-refractivity contribution in [1.29, 1.82) is 0 Å². The lowest BCUT2D eigenvalue weighted by molar-refractivity contribution is 0.0785.